The fourth-order valence-electron chi connectivity index (χ4n) is 2.68. The van der Waals surface area contributed by atoms with Crippen molar-refractivity contribution in [3.05, 3.63) is 42.1 Å². The molecule has 2 aromatic rings. The van der Waals surface area contributed by atoms with Crippen LogP contribution in [0.3, 0.4) is 0 Å². The highest BCUT2D eigenvalue weighted by molar-refractivity contribution is 5.82. The largest absolute Gasteiger partial charge is 0.302 e. The lowest BCUT2D eigenvalue weighted by molar-refractivity contribution is 0.172. The molecule has 114 valence electrons. The van der Waals surface area contributed by atoms with Crippen LogP contribution in [0.1, 0.15) is 52.0 Å². The molecule has 0 amide bonds. The summed E-state index contributed by atoms with van der Waals surface area (Å²) >= 11 is 0. The van der Waals surface area contributed by atoms with E-state index in [1.54, 1.807) is 0 Å². The molecule has 2 rings (SSSR count). The molecule has 0 bridgehead atoms. The Morgan fingerprint density at radius 2 is 1.90 bits per heavy atom. The topological polar surface area (TPSA) is 16.1 Å². The Morgan fingerprint density at radius 3 is 2.62 bits per heavy atom. The molecule has 0 saturated carbocycles. The van der Waals surface area contributed by atoms with Gasteiger partial charge in [0.15, 0.2) is 0 Å². The molecule has 1 heterocycles. The van der Waals surface area contributed by atoms with Crippen LogP contribution >= 0.6 is 0 Å². The Bertz CT molecular complexity index is 578. The van der Waals surface area contributed by atoms with E-state index in [0.717, 1.165) is 12.1 Å². The molecule has 1 aromatic carbocycles. The molecule has 0 N–H and O–H groups in total. The van der Waals surface area contributed by atoms with Crippen LogP contribution in [-0.4, -0.2) is 29.0 Å². The molecular formula is C19H28N2. The maximum absolute atomic E-state index is 4.46. The van der Waals surface area contributed by atoms with E-state index in [4.69, 9.17) is 0 Å². The summed E-state index contributed by atoms with van der Waals surface area (Å²) in [5.41, 5.74) is 2.79. The molecule has 0 spiro atoms. The number of fused-ring (bicyclic) bond motifs is 1. The molecule has 0 aliphatic heterocycles. The van der Waals surface area contributed by atoms with E-state index >= 15 is 0 Å². The number of hydrogen-bond acceptors (Lipinski definition) is 2. The summed E-state index contributed by atoms with van der Waals surface area (Å²) in [5, 5.41) is 1.30. The summed E-state index contributed by atoms with van der Waals surface area (Å²) < 4.78 is 0. The maximum Gasteiger partial charge on any atom is 0.0704 e. The SMILES string of the molecule is CC(CCCN(C)C(C)(C)C)c1cccc2ncccc12. The van der Waals surface area contributed by atoms with Gasteiger partial charge in [-0.25, -0.2) is 0 Å². The summed E-state index contributed by atoms with van der Waals surface area (Å²) in [6, 6.07) is 10.7. The summed E-state index contributed by atoms with van der Waals surface area (Å²) in [4.78, 5) is 6.89. The lowest BCUT2D eigenvalue weighted by atomic mass is 9.92. The van der Waals surface area contributed by atoms with Gasteiger partial charge in [-0.1, -0.05) is 25.1 Å². The Morgan fingerprint density at radius 1 is 1.14 bits per heavy atom. The van der Waals surface area contributed by atoms with E-state index in [9.17, 15) is 0 Å². The van der Waals surface area contributed by atoms with Crippen molar-refractivity contribution in [2.24, 2.45) is 0 Å². The monoisotopic (exact) mass is 284 g/mol. The van der Waals surface area contributed by atoms with Gasteiger partial charge in [-0.3, -0.25) is 4.98 Å². The van der Waals surface area contributed by atoms with Gasteiger partial charge >= 0.3 is 0 Å². The van der Waals surface area contributed by atoms with Crippen molar-refractivity contribution in [1.82, 2.24) is 9.88 Å². The first kappa shape index (κ1) is 16.0. The Balaban J connectivity index is 2.01. The minimum atomic E-state index is 0.257. The third-order valence-electron chi connectivity index (χ3n) is 4.49. The third-order valence-corrected chi connectivity index (χ3v) is 4.49. The second kappa shape index (κ2) is 6.57. The molecule has 0 saturated heterocycles. The van der Waals surface area contributed by atoms with Gasteiger partial charge in [-0.05, 0) is 70.8 Å². The second-order valence-electron chi connectivity index (χ2n) is 7.05. The molecule has 1 aromatic heterocycles. The van der Waals surface area contributed by atoms with Crippen molar-refractivity contribution in [1.29, 1.82) is 0 Å². The predicted octanol–water partition coefficient (Wildman–Crippen LogP) is 4.85. The number of hydrogen-bond donors (Lipinski definition) is 0. The average Bonchev–Trinajstić information content (AvgIpc) is 2.45. The first-order chi connectivity index (χ1) is 9.89. The minimum absolute atomic E-state index is 0.257. The highest BCUT2D eigenvalue weighted by Crippen LogP contribution is 2.27. The van der Waals surface area contributed by atoms with Crippen molar-refractivity contribution < 1.29 is 0 Å². The number of pyridine rings is 1. The average molecular weight is 284 g/mol. The minimum Gasteiger partial charge on any atom is -0.302 e. The second-order valence-corrected chi connectivity index (χ2v) is 7.05. The van der Waals surface area contributed by atoms with Gasteiger partial charge in [0.05, 0.1) is 5.52 Å². The smallest absolute Gasteiger partial charge is 0.0704 e. The van der Waals surface area contributed by atoms with Crippen LogP contribution in [-0.2, 0) is 0 Å². The van der Waals surface area contributed by atoms with Crippen molar-refractivity contribution in [3.8, 4) is 0 Å². The van der Waals surface area contributed by atoms with Gasteiger partial charge in [-0.15, -0.1) is 0 Å². The summed E-state index contributed by atoms with van der Waals surface area (Å²) in [6.07, 6.45) is 4.31. The number of aromatic nitrogens is 1. The molecule has 0 fully saturated rings. The Labute approximate surface area is 129 Å². The van der Waals surface area contributed by atoms with Gasteiger partial charge in [-0.2, -0.15) is 0 Å². The van der Waals surface area contributed by atoms with E-state index in [1.165, 1.54) is 23.8 Å². The number of rotatable bonds is 5. The first-order valence-corrected chi connectivity index (χ1v) is 7.94. The molecule has 0 aliphatic rings. The van der Waals surface area contributed by atoms with Gasteiger partial charge < -0.3 is 4.90 Å². The Hall–Kier alpha value is -1.41. The number of benzene rings is 1. The van der Waals surface area contributed by atoms with E-state index in [-0.39, 0.29) is 5.54 Å². The fraction of sp³-hybridized carbons (Fsp3) is 0.526. The predicted molar refractivity (Wildman–Crippen MR) is 91.8 cm³/mol. The molecule has 0 aliphatic carbocycles. The molecule has 0 radical (unpaired) electrons. The van der Waals surface area contributed by atoms with E-state index in [1.807, 2.05) is 12.3 Å². The zero-order valence-corrected chi connectivity index (χ0v) is 14.1. The van der Waals surface area contributed by atoms with Crippen LogP contribution in [0.25, 0.3) is 10.9 Å². The van der Waals surface area contributed by atoms with Crippen LogP contribution in [0.4, 0.5) is 0 Å². The standard InChI is InChI=1S/C19H28N2/c1-15(9-8-14-21(5)19(2,3)4)16-10-6-12-18-17(16)11-7-13-20-18/h6-7,10-13,15H,8-9,14H2,1-5H3. The van der Waals surface area contributed by atoms with Crippen molar-refractivity contribution in [3.63, 3.8) is 0 Å². The Kier molecular flexibility index (Phi) is 5.00. The maximum atomic E-state index is 4.46. The zero-order valence-electron chi connectivity index (χ0n) is 14.1. The van der Waals surface area contributed by atoms with Crippen molar-refractivity contribution in [2.45, 2.75) is 52.0 Å². The normalized spacial score (nSPS) is 13.8. The van der Waals surface area contributed by atoms with Gasteiger partial charge in [0.1, 0.15) is 0 Å². The van der Waals surface area contributed by atoms with Crippen LogP contribution in [0.15, 0.2) is 36.5 Å². The quantitative estimate of drug-likeness (QED) is 0.780. The highest BCUT2D eigenvalue weighted by Gasteiger charge is 2.17. The summed E-state index contributed by atoms with van der Waals surface area (Å²) in [6.45, 7) is 10.3. The van der Waals surface area contributed by atoms with Crippen molar-refractivity contribution in [2.75, 3.05) is 13.6 Å². The lowest BCUT2D eigenvalue weighted by Gasteiger charge is -2.32. The molecular weight excluding hydrogens is 256 g/mol. The number of nitrogens with zero attached hydrogens (tertiary/aromatic N) is 2. The van der Waals surface area contributed by atoms with Crippen molar-refractivity contribution >= 4 is 10.9 Å². The van der Waals surface area contributed by atoms with Gasteiger partial charge in [0.2, 0.25) is 0 Å². The summed E-state index contributed by atoms with van der Waals surface area (Å²) in [7, 11) is 2.21. The van der Waals surface area contributed by atoms with E-state index in [0.29, 0.717) is 5.92 Å². The van der Waals surface area contributed by atoms with Gasteiger partial charge in [0.25, 0.3) is 0 Å². The molecule has 1 atom stereocenters. The van der Waals surface area contributed by atoms with Crippen LogP contribution in [0.5, 0.6) is 0 Å². The van der Waals surface area contributed by atoms with Crippen LogP contribution in [0.2, 0.25) is 0 Å². The lowest BCUT2D eigenvalue weighted by Crippen LogP contribution is -2.38. The van der Waals surface area contributed by atoms with Crippen LogP contribution in [0, 0.1) is 0 Å². The fourth-order valence-corrected chi connectivity index (χ4v) is 2.68. The highest BCUT2D eigenvalue weighted by atomic mass is 15.1. The van der Waals surface area contributed by atoms with E-state index < -0.39 is 0 Å². The van der Waals surface area contributed by atoms with Crippen LogP contribution < -0.4 is 0 Å². The molecule has 1 unspecified atom stereocenters. The molecule has 2 heteroatoms. The molecule has 2 nitrogen and oxygen atoms in total. The first-order valence-electron chi connectivity index (χ1n) is 7.94. The zero-order chi connectivity index (χ0) is 15.5. The van der Waals surface area contributed by atoms with Gasteiger partial charge in [0, 0.05) is 17.1 Å². The summed E-state index contributed by atoms with van der Waals surface area (Å²) in [5.74, 6) is 0.575. The third kappa shape index (κ3) is 4.04. The van der Waals surface area contributed by atoms with E-state index in [2.05, 4.69) is 68.9 Å². The molecule has 21 heavy (non-hydrogen) atoms.